The number of nitrogen functional groups attached to an aromatic ring is 1. The summed E-state index contributed by atoms with van der Waals surface area (Å²) in [5.74, 6) is -0.462. The zero-order valence-electron chi connectivity index (χ0n) is 15.9. The molecule has 28 heavy (non-hydrogen) atoms. The molecule has 0 saturated heterocycles. The van der Waals surface area contributed by atoms with Crippen LogP contribution in [-0.2, 0) is 0 Å². The van der Waals surface area contributed by atoms with E-state index in [1.54, 1.807) is 12.1 Å². The van der Waals surface area contributed by atoms with Crippen LogP contribution in [0.4, 0.5) is 11.5 Å². The van der Waals surface area contributed by atoms with Gasteiger partial charge < -0.3 is 20.8 Å². The zero-order valence-corrected chi connectivity index (χ0v) is 16.8. The first-order valence-corrected chi connectivity index (χ1v) is 9.97. The van der Waals surface area contributed by atoms with Gasteiger partial charge in [-0.3, -0.25) is 4.79 Å². The highest BCUT2D eigenvalue weighted by Gasteiger charge is 2.15. The minimum atomic E-state index is -2.16. The Morgan fingerprint density at radius 3 is 2.21 bits per heavy atom. The Hall–Kier alpha value is -2.86. The molecular weight excluding hydrogens is 375 g/mol. The van der Waals surface area contributed by atoms with Gasteiger partial charge >= 0.3 is 0 Å². The van der Waals surface area contributed by atoms with Crippen molar-refractivity contribution < 1.29 is 14.6 Å². The van der Waals surface area contributed by atoms with Gasteiger partial charge in [0.2, 0.25) is 0 Å². The van der Waals surface area contributed by atoms with Crippen molar-refractivity contribution in [1.29, 1.82) is 0 Å². The largest absolute Gasteiger partial charge is 0.382 e. The van der Waals surface area contributed by atoms with E-state index in [2.05, 4.69) is 15.3 Å². The normalized spacial score (nSPS) is 10.2. The van der Waals surface area contributed by atoms with Crippen molar-refractivity contribution in [3.63, 3.8) is 0 Å². The minimum absolute atomic E-state index is 0.0266. The van der Waals surface area contributed by atoms with Crippen LogP contribution in [-0.4, -0.2) is 25.7 Å². The van der Waals surface area contributed by atoms with Crippen LogP contribution in [0.3, 0.4) is 0 Å². The highest BCUT2D eigenvalue weighted by Crippen LogP contribution is 2.23. The van der Waals surface area contributed by atoms with Gasteiger partial charge in [0.05, 0.1) is 11.9 Å². The number of hydrogen-bond donors (Lipinski definition) is 4. The number of carbonyl (C=O) groups excluding carboxylic acids is 1. The standard InChI is InChI=1S/C18H17N4O3P.C2H6/c1-11-2-4-12(5-3-11)15-10-20-17(19)16(22-15)18(23)21-13-6-8-14(9-7-13)26(24)25;1-2/h2-10,24-25H,1H3,(H2,19,20)(H,21,23);1-2H3. The summed E-state index contributed by atoms with van der Waals surface area (Å²) in [6, 6.07) is 13.9. The monoisotopic (exact) mass is 398 g/mol. The van der Waals surface area contributed by atoms with Crippen molar-refractivity contribution in [2.45, 2.75) is 20.8 Å². The lowest BCUT2D eigenvalue weighted by molar-refractivity contribution is 0.102. The fraction of sp³-hybridized carbons (Fsp3) is 0.150. The summed E-state index contributed by atoms with van der Waals surface area (Å²) in [4.78, 5) is 39.2. The molecule has 0 aliphatic heterocycles. The second-order valence-electron chi connectivity index (χ2n) is 5.65. The van der Waals surface area contributed by atoms with E-state index in [1.165, 1.54) is 18.3 Å². The van der Waals surface area contributed by atoms with Crippen LogP contribution in [0.1, 0.15) is 29.9 Å². The first-order valence-electron chi connectivity index (χ1n) is 8.73. The Balaban J connectivity index is 0.00000136. The Bertz CT molecular complexity index is 929. The number of aryl methyl sites for hydroxylation is 1. The maximum absolute atomic E-state index is 12.5. The van der Waals surface area contributed by atoms with Crippen LogP contribution >= 0.6 is 8.38 Å². The lowest BCUT2D eigenvalue weighted by Crippen LogP contribution is -2.17. The lowest BCUT2D eigenvalue weighted by Gasteiger charge is -2.09. The number of hydrogen-bond acceptors (Lipinski definition) is 6. The quantitative estimate of drug-likeness (QED) is 0.501. The van der Waals surface area contributed by atoms with Crippen LogP contribution < -0.4 is 16.4 Å². The van der Waals surface area contributed by atoms with Crippen molar-refractivity contribution in [2.24, 2.45) is 0 Å². The van der Waals surface area contributed by atoms with Gasteiger partial charge in [-0.15, -0.1) is 0 Å². The van der Waals surface area contributed by atoms with Gasteiger partial charge in [-0.25, -0.2) is 9.97 Å². The van der Waals surface area contributed by atoms with E-state index in [1.807, 2.05) is 45.0 Å². The van der Waals surface area contributed by atoms with E-state index in [-0.39, 0.29) is 11.5 Å². The van der Waals surface area contributed by atoms with Crippen LogP contribution in [0.2, 0.25) is 0 Å². The maximum Gasteiger partial charge on any atom is 0.278 e. The number of nitrogens with zero attached hydrogens (tertiary/aromatic N) is 2. The van der Waals surface area contributed by atoms with Crippen molar-refractivity contribution >= 4 is 31.1 Å². The summed E-state index contributed by atoms with van der Waals surface area (Å²) in [7, 11) is -2.16. The summed E-state index contributed by atoms with van der Waals surface area (Å²) in [5, 5.41) is 3.06. The van der Waals surface area contributed by atoms with Crippen molar-refractivity contribution in [3.05, 3.63) is 66.0 Å². The molecule has 0 bridgehead atoms. The lowest BCUT2D eigenvalue weighted by atomic mass is 10.1. The molecule has 0 aliphatic carbocycles. The number of benzene rings is 2. The van der Waals surface area contributed by atoms with Gasteiger partial charge in [0, 0.05) is 16.6 Å². The van der Waals surface area contributed by atoms with Crippen LogP contribution in [0, 0.1) is 6.92 Å². The fourth-order valence-electron chi connectivity index (χ4n) is 2.30. The summed E-state index contributed by atoms with van der Waals surface area (Å²) >= 11 is 0. The van der Waals surface area contributed by atoms with Crippen molar-refractivity contribution in [1.82, 2.24) is 9.97 Å². The minimum Gasteiger partial charge on any atom is -0.382 e. The van der Waals surface area contributed by atoms with Crippen LogP contribution in [0.15, 0.2) is 54.7 Å². The second-order valence-corrected chi connectivity index (χ2v) is 6.74. The highest BCUT2D eigenvalue weighted by atomic mass is 31.2. The number of nitrogens with two attached hydrogens (primary N) is 1. The van der Waals surface area contributed by atoms with Gasteiger partial charge in [-0.2, -0.15) is 0 Å². The third kappa shape index (κ3) is 5.33. The molecule has 5 N–H and O–H groups in total. The molecule has 1 aromatic heterocycles. The van der Waals surface area contributed by atoms with Crippen LogP contribution in [0.5, 0.6) is 0 Å². The third-order valence-electron chi connectivity index (χ3n) is 3.72. The van der Waals surface area contributed by atoms with Gasteiger partial charge in [0.25, 0.3) is 5.91 Å². The molecule has 0 fully saturated rings. The van der Waals surface area contributed by atoms with E-state index in [0.717, 1.165) is 11.1 Å². The van der Waals surface area contributed by atoms with Gasteiger partial charge in [0.15, 0.2) is 19.9 Å². The number of rotatable bonds is 4. The predicted octanol–water partition coefficient (Wildman–Crippen LogP) is 3.23. The third-order valence-corrected chi connectivity index (χ3v) is 4.48. The zero-order chi connectivity index (χ0) is 20.7. The first kappa shape index (κ1) is 21.4. The highest BCUT2D eigenvalue weighted by molar-refractivity contribution is 7.54. The first-order chi connectivity index (χ1) is 13.4. The summed E-state index contributed by atoms with van der Waals surface area (Å²) < 4.78 is 0. The van der Waals surface area contributed by atoms with Crippen LogP contribution in [0.25, 0.3) is 11.3 Å². The SMILES string of the molecule is CC.Cc1ccc(-c2cnc(N)c(C(=O)Nc3ccc(P(O)O)cc3)n2)cc1. The average Bonchev–Trinajstić information content (AvgIpc) is 2.71. The Morgan fingerprint density at radius 2 is 1.64 bits per heavy atom. The molecule has 146 valence electrons. The van der Waals surface area contributed by atoms with Crippen molar-refractivity contribution in [2.75, 3.05) is 11.1 Å². The smallest absolute Gasteiger partial charge is 0.278 e. The van der Waals surface area contributed by atoms with E-state index >= 15 is 0 Å². The molecule has 1 amide bonds. The number of aromatic nitrogens is 2. The van der Waals surface area contributed by atoms with E-state index in [9.17, 15) is 4.79 Å². The number of anilines is 2. The Labute approximate surface area is 165 Å². The molecule has 0 saturated carbocycles. The van der Waals surface area contributed by atoms with Gasteiger partial charge in [0.1, 0.15) is 0 Å². The molecule has 1 heterocycles. The molecule has 0 aliphatic rings. The Kier molecular flexibility index (Phi) is 7.58. The van der Waals surface area contributed by atoms with E-state index < -0.39 is 14.3 Å². The summed E-state index contributed by atoms with van der Waals surface area (Å²) in [6.07, 6.45) is 1.52. The van der Waals surface area contributed by atoms with Gasteiger partial charge in [-0.05, 0) is 31.2 Å². The fourth-order valence-corrected chi connectivity index (χ4v) is 2.71. The number of nitrogens with one attached hydrogen (secondary N) is 1. The maximum atomic E-state index is 12.5. The second kappa shape index (κ2) is 9.90. The Morgan fingerprint density at radius 1 is 1.04 bits per heavy atom. The molecule has 0 atom stereocenters. The van der Waals surface area contributed by atoms with Gasteiger partial charge in [-0.1, -0.05) is 43.7 Å². The predicted molar refractivity (Wildman–Crippen MR) is 113 cm³/mol. The molecule has 2 aromatic carbocycles. The molecule has 7 nitrogen and oxygen atoms in total. The molecule has 8 heteroatoms. The molecule has 3 rings (SSSR count). The molecule has 0 spiro atoms. The summed E-state index contributed by atoms with van der Waals surface area (Å²) in [6.45, 7) is 5.99. The van der Waals surface area contributed by atoms with Crippen molar-refractivity contribution in [3.8, 4) is 11.3 Å². The molecule has 3 aromatic rings. The molecule has 0 radical (unpaired) electrons. The topological polar surface area (TPSA) is 121 Å². The average molecular weight is 398 g/mol. The van der Waals surface area contributed by atoms with E-state index in [0.29, 0.717) is 16.7 Å². The van der Waals surface area contributed by atoms with E-state index in [4.69, 9.17) is 15.5 Å². The number of amides is 1. The molecular formula is C20H23N4O3P. The molecule has 0 unspecified atom stereocenters. The number of carbonyl (C=O) groups is 1. The summed E-state index contributed by atoms with van der Waals surface area (Å²) in [5.41, 5.74) is 8.82.